The molecule has 0 spiro atoms. The van der Waals surface area contributed by atoms with Crippen molar-refractivity contribution in [1.29, 1.82) is 0 Å². The van der Waals surface area contributed by atoms with Gasteiger partial charge >= 0.3 is 0 Å². The predicted octanol–water partition coefficient (Wildman–Crippen LogP) is 2.36. The summed E-state index contributed by atoms with van der Waals surface area (Å²) in [4.78, 5) is 6.89. The molecule has 2 heterocycles. The van der Waals surface area contributed by atoms with Gasteiger partial charge in [0, 0.05) is 43.1 Å². The zero-order chi connectivity index (χ0) is 12.5. The van der Waals surface area contributed by atoms with Gasteiger partial charge in [-0.15, -0.1) is 0 Å². The van der Waals surface area contributed by atoms with Gasteiger partial charge in [-0.25, -0.2) is 0 Å². The van der Waals surface area contributed by atoms with Gasteiger partial charge in [-0.2, -0.15) is 0 Å². The summed E-state index contributed by atoms with van der Waals surface area (Å²) < 4.78 is 0. The monoisotopic (exact) mass is 245 g/mol. The minimum atomic E-state index is 0.398. The zero-order valence-electron chi connectivity index (χ0n) is 11.3. The van der Waals surface area contributed by atoms with Crippen molar-refractivity contribution in [3.05, 3.63) is 30.1 Å². The summed E-state index contributed by atoms with van der Waals surface area (Å²) in [7, 11) is 0. The highest BCUT2D eigenvalue weighted by Crippen LogP contribution is 2.33. The largest absolute Gasteiger partial charge is 0.306 e. The highest BCUT2D eigenvalue weighted by molar-refractivity contribution is 5.13. The summed E-state index contributed by atoms with van der Waals surface area (Å²) in [6, 6.07) is 6.84. The number of nitrogens with zero attached hydrogens (tertiary/aromatic N) is 2. The molecule has 1 aromatic heterocycles. The molecule has 3 heteroatoms. The van der Waals surface area contributed by atoms with Crippen LogP contribution < -0.4 is 5.32 Å². The van der Waals surface area contributed by atoms with E-state index in [1.54, 1.807) is 0 Å². The molecule has 18 heavy (non-hydrogen) atoms. The van der Waals surface area contributed by atoms with E-state index in [0.717, 1.165) is 12.1 Å². The van der Waals surface area contributed by atoms with Gasteiger partial charge in [0.1, 0.15) is 0 Å². The van der Waals surface area contributed by atoms with Crippen LogP contribution in [-0.2, 0) is 0 Å². The van der Waals surface area contributed by atoms with Crippen LogP contribution in [-0.4, -0.2) is 34.6 Å². The molecule has 0 radical (unpaired) electrons. The summed E-state index contributed by atoms with van der Waals surface area (Å²) in [6.45, 7) is 5.83. The maximum atomic E-state index is 4.20. The standard InChI is InChI=1S/C15H23N3/c1-11-8-14(10-18(11)15-5-6-15)17-12(2)13-4-3-7-16-9-13/h3-4,7,9,11-12,14-15,17H,5-6,8,10H2,1-2H3/t11?,12-,14?/m0/s1. The van der Waals surface area contributed by atoms with Gasteiger partial charge in [0.25, 0.3) is 0 Å². The lowest BCUT2D eigenvalue weighted by Crippen LogP contribution is -2.35. The molecule has 2 aliphatic rings. The summed E-state index contributed by atoms with van der Waals surface area (Å²) in [5.41, 5.74) is 1.29. The Morgan fingerprint density at radius 2 is 2.28 bits per heavy atom. The average Bonchev–Trinajstić information content (AvgIpc) is 3.15. The Bertz CT molecular complexity index is 388. The molecule has 0 amide bonds. The molecule has 1 N–H and O–H groups in total. The number of rotatable bonds is 4. The van der Waals surface area contributed by atoms with Gasteiger partial charge in [0.15, 0.2) is 0 Å². The van der Waals surface area contributed by atoms with Crippen LogP contribution in [0, 0.1) is 0 Å². The highest BCUT2D eigenvalue weighted by atomic mass is 15.3. The van der Waals surface area contributed by atoms with Crippen LogP contribution in [0.3, 0.4) is 0 Å². The number of hydrogen-bond acceptors (Lipinski definition) is 3. The van der Waals surface area contributed by atoms with Gasteiger partial charge in [-0.1, -0.05) is 6.07 Å². The van der Waals surface area contributed by atoms with Crippen molar-refractivity contribution in [2.75, 3.05) is 6.54 Å². The molecule has 98 valence electrons. The Kier molecular flexibility index (Phi) is 3.35. The molecule has 3 rings (SSSR count). The third-order valence-electron chi connectivity index (χ3n) is 4.31. The molecule has 1 aliphatic heterocycles. The minimum Gasteiger partial charge on any atom is -0.306 e. The van der Waals surface area contributed by atoms with Crippen LogP contribution in [0.1, 0.15) is 44.7 Å². The van der Waals surface area contributed by atoms with Crippen LogP contribution in [0.2, 0.25) is 0 Å². The SMILES string of the molecule is CC1CC(N[C@@H](C)c2cccnc2)CN1C1CC1. The van der Waals surface area contributed by atoms with Gasteiger partial charge < -0.3 is 5.32 Å². The number of aromatic nitrogens is 1. The first-order chi connectivity index (χ1) is 8.74. The van der Waals surface area contributed by atoms with Crippen molar-refractivity contribution in [3.63, 3.8) is 0 Å². The summed E-state index contributed by atoms with van der Waals surface area (Å²) in [5, 5.41) is 3.76. The van der Waals surface area contributed by atoms with E-state index in [2.05, 4.69) is 35.1 Å². The van der Waals surface area contributed by atoms with Gasteiger partial charge in [-0.05, 0) is 44.7 Å². The van der Waals surface area contributed by atoms with E-state index < -0.39 is 0 Å². The molecule has 2 fully saturated rings. The molecule has 3 nitrogen and oxygen atoms in total. The predicted molar refractivity (Wildman–Crippen MR) is 73.4 cm³/mol. The first kappa shape index (κ1) is 12.1. The first-order valence-corrected chi connectivity index (χ1v) is 7.16. The summed E-state index contributed by atoms with van der Waals surface area (Å²) in [5.74, 6) is 0. The molecule has 2 unspecified atom stereocenters. The zero-order valence-corrected chi connectivity index (χ0v) is 11.3. The quantitative estimate of drug-likeness (QED) is 0.882. The Morgan fingerprint density at radius 1 is 1.44 bits per heavy atom. The number of likely N-dealkylation sites (tertiary alicyclic amines) is 1. The van der Waals surface area contributed by atoms with E-state index in [-0.39, 0.29) is 0 Å². The van der Waals surface area contributed by atoms with Gasteiger partial charge in [0.05, 0.1) is 0 Å². The van der Waals surface area contributed by atoms with E-state index in [9.17, 15) is 0 Å². The molecular weight excluding hydrogens is 222 g/mol. The van der Waals surface area contributed by atoms with E-state index in [0.29, 0.717) is 12.1 Å². The van der Waals surface area contributed by atoms with E-state index >= 15 is 0 Å². The maximum absolute atomic E-state index is 4.20. The Labute approximate surface area is 110 Å². The normalized spacial score (nSPS) is 30.6. The first-order valence-electron chi connectivity index (χ1n) is 7.16. The summed E-state index contributed by atoms with van der Waals surface area (Å²) in [6.07, 6.45) is 7.91. The lowest BCUT2D eigenvalue weighted by atomic mass is 10.1. The van der Waals surface area contributed by atoms with Gasteiger partial charge in [-0.3, -0.25) is 9.88 Å². The number of pyridine rings is 1. The van der Waals surface area contributed by atoms with E-state index in [4.69, 9.17) is 0 Å². The van der Waals surface area contributed by atoms with Crippen LogP contribution >= 0.6 is 0 Å². The molecular formula is C15H23N3. The second-order valence-electron chi connectivity index (χ2n) is 5.88. The van der Waals surface area contributed by atoms with Crippen LogP contribution in [0.15, 0.2) is 24.5 Å². The molecule has 0 bridgehead atoms. The van der Waals surface area contributed by atoms with Crippen LogP contribution in [0.5, 0.6) is 0 Å². The van der Waals surface area contributed by atoms with Crippen molar-refractivity contribution in [2.24, 2.45) is 0 Å². The lowest BCUT2D eigenvalue weighted by Gasteiger charge is -2.21. The van der Waals surface area contributed by atoms with Crippen molar-refractivity contribution >= 4 is 0 Å². The maximum Gasteiger partial charge on any atom is 0.0315 e. The molecule has 1 saturated heterocycles. The van der Waals surface area contributed by atoms with Gasteiger partial charge in [0.2, 0.25) is 0 Å². The lowest BCUT2D eigenvalue weighted by molar-refractivity contribution is 0.254. The van der Waals surface area contributed by atoms with Crippen molar-refractivity contribution in [1.82, 2.24) is 15.2 Å². The third-order valence-corrected chi connectivity index (χ3v) is 4.31. The van der Waals surface area contributed by atoms with E-state index in [1.165, 1.54) is 31.4 Å². The third kappa shape index (κ3) is 2.57. The van der Waals surface area contributed by atoms with Crippen molar-refractivity contribution < 1.29 is 0 Å². The molecule has 1 aromatic rings. The minimum absolute atomic E-state index is 0.398. The molecule has 1 saturated carbocycles. The molecule has 0 aromatic carbocycles. The Hall–Kier alpha value is -0.930. The molecule has 3 atom stereocenters. The summed E-state index contributed by atoms with van der Waals surface area (Å²) >= 11 is 0. The average molecular weight is 245 g/mol. The smallest absolute Gasteiger partial charge is 0.0315 e. The fourth-order valence-corrected chi connectivity index (χ4v) is 3.17. The fraction of sp³-hybridized carbons (Fsp3) is 0.667. The van der Waals surface area contributed by atoms with Crippen LogP contribution in [0.4, 0.5) is 0 Å². The number of nitrogens with one attached hydrogen (secondary N) is 1. The van der Waals surface area contributed by atoms with Crippen molar-refractivity contribution in [3.8, 4) is 0 Å². The second kappa shape index (κ2) is 4.98. The Balaban J connectivity index is 1.57. The van der Waals surface area contributed by atoms with Crippen molar-refractivity contribution in [2.45, 2.75) is 57.3 Å². The topological polar surface area (TPSA) is 28.2 Å². The number of hydrogen-bond donors (Lipinski definition) is 1. The van der Waals surface area contributed by atoms with Crippen LogP contribution in [0.25, 0.3) is 0 Å². The van der Waals surface area contributed by atoms with E-state index in [1.807, 2.05) is 18.5 Å². The highest BCUT2D eigenvalue weighted by Gasteiger charge is 2.38. The Morgan fingerprint density at radius 3 is 2.94 bits per heavy atom. The second-order valence-corrected chi connectivity index (χ2v) is 5.88. The molecule has 1 aliphatic carbocycles. The fourth-order valence-electron chi connectivity index (χ4n) is 3.17.